The van der Waals surface area contributed by atoms with Crippen molar-refractivity contribution < 1.29 is 14.6 Å². The van der Waals surface area contributed by atoms with Gasteiger partial charge >= 0.3 is 5.97 Å². The number of unbranched alkanes of at least 4 members (excludes halogenated alkanes) is 4. The average Bonchev–Trinajstić information content (AvgIpc) is 2.72. The number of aliphatic hydroxyl groups is 1. The van der Waals surface area contributed by atoms with Crippen molar-refractivity contribution in [3.63, 3.8) is 0 Å². The minimum absolute atomic E-state index is 0.0222. The number of rotatable bonds is 13. The van der Waals surface area contributed by atoms with Crippen molar-refractivity contribution in [2.24, 2.45) is 11.8 Å². The third kappa shape index (κ3) is 8.70. The fraction of sp³-hybridized carbons (Fsp3) is 0.885. The van der Waals surface area contributed by atoms with Gasteiger partial charge in [0.2, 0.25) is 0 Å². The first kappa shape index (κ1) is 25.4. The number of hydrogen-bond donors (Lipinski definition) is 2. The van der Waals surface area contributed by atoms with Gasteiger partial charge in [0.05, 0.1) is 6.10 Å². The Labute approximate surface area is 185 Å². The Balaban J connectivity index is 1.79. The van der Waals surface area contributed by atoms with Gasteiger partial charge in [0.15, 0.2) is 0 Å². The Bertz CT molecular complexity index is 507. The van der Waals surface area contributed by atoms with Crippen LogP contribution in [0.15, 0.2) is 12.2 Å². The van der Waals surface area contributed by atoms with Crippen molar-refractivity contribution in [3.05, 3.63) is 12.2 Å². The number of allylic oxidation sites excluding steroid dienone is 1. The molecule has 0 unspecified atom stereocenters. The number of nitrogens with one attached hydrogen (secondary N) is 1. The number of carbonyl (C=O) groups excluding carboxylic acids is 1. The van der Waals surface area contributed by atoms with E-state index in [-0.39, 0.29) is 24.2 Å². The van der Waals surface area contributed by atoms with Gasteiger partial charge in [0.1, 0.15) is 6.10 Å². The zero-order valence-electron chi connectivity index (χ0n) is 19.8. The molecule has 1 aliphatic carbocycles. The molecule has 2 N–H and O–H groups in total. The second kappa shape index (κ2) is 14.2. The molecular weight excluding hydrogens is 374 g/mol. The van der Waals surface area contributed by atoms with E-state index in [4.69, 9.17) is 4.74 Å². The molecule has 0 radical (unpaired) electrons. The molecule has 1 aliphatic heterocycles. The van der Waals surface area contributed by atoms with Gasteiger partial charge in [-0.1, -0.05) is 71.3 Å². The van der Waals surface area contributed by atoms with Crippen LogP contribution < -0.4 is 5.32 Å². The molecule has 30 heavy (non-hydrogen) atoms. The average molecular weight is 422 g/mol. The van der Waals surface area contributed by atoms with Gasteiger partial charge in [0, 0.05) is 18.2 Å². The molecule has 4 nitrogen and oxygen atoms in total. The van der Waals surface area contributed by atoms with E-state index in [0.29, 0.717) is 12.0 Å². The Morgan fingerprint density at radius 3 is 2.73 bits per heavy atom. The first-order chi connectivity index (χ1) is 14.5. The molecule has 2 aliphatic rings. The van der Waals surface area contributed by atoms with E-state index < -0.39 is 0 Å². The highest BCUT2D eigenvalue weighted by Crippen LogP contribution is 2.40. The molecule has 0 aromatic rings. The SMILES string of the molecule is CCCCC/C=C/C(=O)O[C@H]1C[C@@H]2[C@H](CCCC[C@@H](O)CCC)CCC[C@@H]2N[C@H]1C. The number of esters is 1. The molecule has 0 bridgehead atoms. The molecular formula is C26H47NO3. The molecule has 4 heteroatoms. The van der Waals surface area contributed by atoms with Crippen LogP contribution in [0.25, 0.3) is 0 Å². The van der Waals surface area contributed by atoms with Crippen molar-refractivity contribution in [2.75, 3.05) is 0 Å². The van der Waals surface area contributed by atoms with Gasteiger partial charge in [0.25, 0.3) is 0 Å². The first-order valence-corrected chi connectivity index (χ1v) is 12.9. The second-order valence-corrected chi connectivity index (χ2v) is 9.75. The molecule has 0 spiro atoms. The van der Waals surface area contributed by atoms with Crippen molar-refractivity contribution in [2.45, 2.75) is 135 Å². The van der Waals surface area contributed by atoms with Crippen LogP contribution in [-0.4, -0.2) is 35.4 Å². The van der Waals surface area contributed by atoms with Crippen molar-refractivity contribution >= 4 is 5.97 Å². The van der Waals surface area contributed by atoms with Gasteiger partial charge in [-0.05, 0) is 57.3 Å². The van der Waals surface area contributed by atoms with Crippen molar-refractivity contribution in [1.29, 1.82) is 0 Å². The summed E-state index contributed by atoms with van der Waals surface area (Å²) in [6.07, 6.45) is 19.3. The van der Waals surface area contributed by atoms with Crippen LogP contribution >= 0.6 is 0 Å². The number of ether oxygens (including phenoxy) is 1. The summed E-state index contributed by atoms with van der Waals surface area (Å²) in [4.78, 5) is 12.3. The second-order valence-electron chi connectivity index (χ2n) is 9.75. The largest absolute Gasteiger partial charge is 0.458 e. The standard InChI is InChI=1S/C26H47NO3/c1-4-6-7-8-9-18-26(29)30-25-19-23-21(14-10-11-16-22(28)13-5-2)15-12-17-24(23)27-20(25)3/h9,18,20-25,27-28H,4-8,10-17,19H2,1-3H3/b18-9+/t20-,21+,22-,23+,24-,25-/m0/s1. The highest BCUT2D eigenvalue weighted by atomic mass is 16.5. The molecule has 0 aromatic heterocycles. The predicted octanol–water partition coefficient (Wildman–Crippen LogP) is 5.92. The minimum Gasteiger partial charge on any atom is -0.458 e. The fourth-order valence-corrected chi connectivity index (χ4v) is 5.49. The summed E-state index contributed by atoms with van der Waals surface area (Å²) in [6.45, 7) is 6.49. The number of piperidine rings is 1. The molecule has 2 rings (SSSR count). The smallest absolute Gasteiger partial charge is 0.330 e. The van der Waals surface area contributed by atoms with Gasteiger partial charge in [-0.3, -0.25) is 0 Å². The molecule has 1 heterocycles. The summed E-state index contributed by atoms with van der Waals surface area (Å²) in [7, 11) is 0. The van der Waals surface area contributed by atoms with Crippen LogP contribution in [0.5, 0.6) is 0 Å². The van der Waals surface area contributed by atoms with Crippen LogP contribution in [0.3, 0.4) is 0 Å². The monoisotopic (exact) mass is 421 g/mol. The quantitative estimate of drug-likeness (QED) is 0.220. The van der Waals surface area contributed by atoms with Crippen molar-refractivity contribution in [3.8, 4) is 0 Å². The minimum atomic E-state index is -0.180. The zero-order chi connectivity index (χ0) is 21.8. The number of fused-ring (bicyclic) bond motifs is 1. The Hall–Kier alpha value is -0.870. The lowest BCUT2D eigenvalue weighted by atomic mass is 9.68. The van der Waals surface area contributed by atoms with E-state index in [0.717, 1.165) is 50.9 Å². The third-order valence-corrected chi connectivity index (χ3v) is 7.23. The maximum Gasteiger partial charge on any atom is 0.330 e. The summed E-state index contributed by atoms with van der Waals surface area (Å²) in [5.74, 6) is 1.15. The van der Waals surface area contributed by atoms with Crippen LogP contribution in [0.4, 0.5) is 0 Å². The molecule has 1 saturated carbocycles. The van der Waals surface area contributed by atoms with E-state index in [2.05, 4.69) is 26.1 Å². The van der Waals surface area contributed by atoms with Crippen LogP contribution in [0.1, 0.15) is 111 Å². The maximum absolute atomic E-state index is 12.3. The normalized spacial score (nSPS) is 30.2. The van der Waals surface area contributed by atoms with E-state index in [9.17, 15) is 9.90 Å². The Kier molecular flexibility index (Phi) is 12.1. The maximum atomic E-state index is 12.3. The molecule has 6 atom stereocenters. The fourth-order valence-electron chi connectivity index (χ4n) is 5.49. The topological polar surface area (TPSA) is 58.6 Å². The third-order valence-electron chi connectivity index (χ3n) is 7.23. The summed E-state index contributed by atoms with van der Waals surface area (Å²) < 4.78 is 5.87. The lowest BCUT2D eigenvalue weighted by Crippen LogP contribution is -2.57. The van der Waals surface area contributed by atoms with Crippen LogP contribution in [0, 0.1) is 11.8 Å². The van der Waals surface area contributed by atoms with Gasteiger partial charge in [-0.2, -0.15) is 0 Å². The summed E-state index contributed by atoms with van der Waals surface area (Å²) in [5, 5.41) is 13.7. The Morgan fingerprint density at radius 2 is 1.97 bits per heavy atom. The molecule has 174 valence electrons. The van der Waals surface area contributed by atoms with Crippen molar-refractivity contribution in [1.82, 2.24) is 5.32 Å². The molecule has 0 amide bonds. The van der Waals surface area contributed by atoms with E-state index >= 15 is 0 Å². The summed E-state index contributed by atoms with van der Waals surface area (Å²) >= 11 is 0. The van der Waals surface area contributed by atoms with Crippen LogP contribution in [0.2, 0.25) is 0 Å². The number of carbonyl (C=O) groups is 1. The zero-order valence-corrected chi connectivity index (χ0v) is 19.8. The molecule has 1 saturated heterocycles. The number of aliphatic hydroxyl groups excluding tert-OH is 1. The van der Waals surface area contributed by atoms with Gasteiger partial charge in [-0.15, -0.1) is 0 Å². The Morgan fingerprint density at radius 1 is 1.13 bits per heavy atom. The lowest BCUT2D eigenvalue weighted by Gasteiger charge is -2.47. The van der Waals surface area contributed by atoms with E-state index in [1.807, 2.05) is 6.08 Å². The first-order valence-electron chi connectivity index (χ1n) is 12.9. The lowest BCUT2D eigenvalue weighted by molar-refractivity contribution is -0.148. The summed E-state index contributed by atoms with van der Waals surface area (Å²) in [5.41, 5.74) is 0. The molecule has 0 aromatic carbocycles. The predicted molar refractivity (Wildman–Crippen MR) is 124 cm³/mol. The highest BCUT2D eigenvalue weighted by Gasteiger charge is 2.41. The van der Waals surface area contributed by atoms with Gasteiger partial charge in [-0.25, -0.2) is 4.79 Å². The van der Waals surface area contributed by atoms with Gasteiger partial charge < -0.3 is 15.2 Å². The van der Waals surface area contributed by atoms with E-state index in [1.54, 1.807) is 6.08 Å². The van der Waals surface area contributed by atoms with E-state index in [1.165, 1.54) is 44.9 Å². The summed E-state index contributed by atoms with van der Waals surface area (Å²) in [6, 6.07) is 0.801. The number of hydrogen-bond acceptors (Lipinski definition) is 4. The highest BCUT2D eigenvalue weighted by molar-refractivity contribution is 5.82. The van der Waals surface area contributed by atoms with Crippen LogP contribution in [-0.2, 0) is 9.53 Å². The molecule has 2 fully saturated rings.